The second-order valence-electron chi connectivity index (χ2n) is 6.41. The normalized spacial score (nSPS) is 19.3. The molecule has 128 valence electrons. The minimum Gasteiger partial charge on any atom is -0.383 e. The number of pyridine rings is 1. The molecular weight excluding hydrogens is 322 g/mol. The summed E-state index contributed by atoms with van der Waals surface area (Å²) in [7, 11) is -3.52. The number of nitrogens with zero attached hydrogens (tertiary/aromatic N) is 2. The van der Waals surface area contributed by atoms with Crippen molar-refractivity contribution in [2.45, 2.75) is 44.0 Å². The molecule has 0 saturated carbocycles. The number of hydrogen-bond acceptors (Lipinski definition) is 4. The first kappa shape index (κ1) is 16.9. The summed E-state index contributed by atoms with van der Waals surface area (Å²) in [5, 5.41) is 0. The summed E-state index contributed by atoms with van der Waals surface area (Å²) in [4.78, 5) is 4.56. The molecule has 1 aromatic heterocycles. The monoisotopic (exact) mass is 345 g/mol. The molecule has 3 rings (SSSR count). The Morgan fingerprint density at radius 1 is 1.17 bits per heavy atom. The Bertz CT molecular complexity index is 832. The third-order valence-corrected chi connectivity index (χ3v) is 6.53. The summed E-state index contributed by atoms with van der Waals surface area (Å²) >= 11 is 0. The van der Waals surface area contributed by atoms with Crippen LogP contribution < -0.4 is 5.73 Å². The zero-order valence-corrected chi connectivity index (χ0v) is 14.9. The number of benzene rings is 1. The zero-order chi connectivity index (χ0) is 17.3. The fourth-order valence-electron chi connectivity index (χ4n) is 3.16. The van der Waals surface area contributed by atoms with Gasteiger partial charge >= 0.3 is 0 Å². The molecule has 0 bridgehead atoms. The van der Waals surface area contributed by atoms with Crippen molar-refractivity contribution in [3.63, 3.8) is 0 Å². The van der Waals surface area contributed by atoms with Crippen molar-refractivity contribution in [3.05, 3.63) is 53.2 Å². The van der Waals surface area contributed by atoms with Gasteiger partial charge in [0.05, 0.1) is 10.9 Å². The zero-order valence-electron chi connectivity index (χ0n) is 14.1. The van der Waals surface area contributed by atoms with Gasteiger partial charge in [0.2, 0.25) is 10.0 Å². The molecule has 1 aliphatic heterocycles. The van der Waals surface area contributed by atoms with Gasteiger partial charge in [-0.25, -0.2) is 13.4 Å². The first-order valence-electron chi connectivity index (χ1n) is 8.20. The first-order chi connectivity index (χ1) is 11.4. The Labute approximate surface area is 143 Å². The van der Waals surface area contributed by atoms with Crippen molar-refractivity contribution in [2.24, 2.45) is 0 Å². The average molecular weight is 345 g/mol. The van der Waals surface area contributed by atoms with Gasteiger partial charge in [0.1, 0.15) is 5.82 Å². The van der Waals surface area contributed by atoms with Gasteiger partial charge in [0, 0.05) is 12.7 Å². The number of nitrogen functional groups attached to an aromatic ring is 1. The molecule has 24 heavy (non-hydrogen) atoms. The Kier molecular flexibility index (Phi) is 4.60. The molecule has 2 aromatic rings. The number of piperidine rings is 1. The second kappa shape index (κ2) is 6.53. The van der Waals surface area contributed by atoms with E-state index in [2.05, 4.69) is 4.98 Å². The standard InChI is InChI=1S/C18H23N3O2S/c1-13-6-8-16(9-7-13)24(22,23)21-10-4-3-5-17(21)15-11-14(2)18(19)20-12-15/h6-9,11-12,17H,3-5,10H2,1-2H3,(H2,19,20)/t17-/m0/s1. The van der Waals surface area contributed by atoms with Gasteiger partial charge in [-0.2, -0.15) is 4.31 Å². The molecule has 1 atom stereocenters. The predicted molar refractivity (Wildman–Crippen MR) is 95.0 cm³/mol. The molecule has 0 aliphatic carbocycles. The van der Waals surface area contributed by atoms with Crippen molar-refractivity contribution in [1.29, 1.82) is 0 Å². The van der Waals surface area contributed by atoms with E-state index in [-0.39, 0.29) is 6.04 Å². The third-order valence-electron chi connectivity index (χ3n) is 4.61. The van der Waals surface area contributed by atoms with E-state index in [1.54, 1.807) is 22.6 Å². The minimum absolute atomic E-state index is 0.183. The molecule has 0 unspecified atom stereocenters. The molecule has 5 nitrogen and oxygen atoms in total. The molecule has 2 N–H and O–H groups in total. The van der Waals surface area contributed by atoms with Gasteiger partial charge < -0.3 is 5.73 Å². The van der Waals surface area contributed by atoms with Gasteiger partial charge in [-0.3, -0.25) is 0 Å². The van der Waals surface area contributed by atoms with Gasteiger partial charge in [-0.1, -0.05) is 24.1 Å². The van der Waals surface area contributed by atoms with Crippen LogP contribution in [0.4, 0.5) is 5.82 Å². The maximum Gasteiger partial charge on any atom is 0.243 e. The highest BCUT2D eigenvalue weighted by atomic mass is 32.2. The fourth-order valence-corrected chi connectivity index (χ4v) is 4.84. The van der Waals surface area contributed by atoms with Crippen molar-refractivity contribution in [3.8, 4) is 0 Å². The van der Waals surface area contributed by atoms with Gasteiger partial charge in [0.25, 0.3) is 0 Å². The quantitative estimate of drug-likeness (QED) is 0.927. The highest BCUT2D eigenvalue weighted by Gasteiger charge is 2.34. The number of hydrogen-bond donors (Lipinski definition) is 1. The third kappa shape index (κ3) is 3.16. The van der Waals surface area contributed by atoms with Crippen LogP contribution >= 0.6 is 0 Å². The van der Waals surface area contributed by atoms with Crippen LogP contribution in [0.2, 0.25) is 0 Å². The van der Waals surface area contributed by atoms with Crippen LogP contribution in [0, 0.1) is 13.8 Å². The van der Waals surface area contributed by atoms with E-state index in [1.165, 1.54) is 0 Å². The molecule has 1 aromatic carbocycles. The van der Waals surface area contributed by atoms with Crippen molar-refractivity contribution < 1.29 is 8.42 Å². The molecule has 0 spiro atoms. The molecular formula is C18H23N3O2S. The molecule has 1 saturated heterocycles. The predicted octanol–water partition coefficient (Wildman–Crippen LogP) is 3.20. The van der Waals surface area contributed by atoms with Gasteiger partial charge in [-0.05, 0) is 56.0 Å². The molecule has 2 heterocycles. The van der Waals surface area contributed by atoms with Crippen LogP contribution in [-0.4, -0.2) is 24.3 Å². The Morgan fingerprint density at radius 2 is 1.88 bits per heavy atom. The first-order valence-corrected chi connectivity index (χ1v) is 9.64. The van der Waals surface area contributed by atoms with Crippen LogP contribution in [0.3, 0.4) is 0 Å². The number of aryl methyl sites for hydroxylation is 2. The summed E-state index contributed by atoms with van der Waals surface area (Å²) in [6, 6.07) is 8.81. The Hall–Kier alpha value is -1.92. The van der Waals surface area contributed by atoms with Crippen LogP contribution in [0.15, 0.2) is 41.4 Å². The summed E-state index contributed by atoms with van der Waals surface area (Å²) in [6.45, 7) is 4.38. The van der Waals surface area contributed by atoms with Crippen LogP contribution in [0.1, 0.15) is 42.0 Å². The van der Waals surface area contributed by atoms with E-state index in [0.29, 0.717) is 17.3 Å². The lowest BCUT2D eigenvalue weighted by Gasteiger charge is -2.35. The fraction of sp³-hybridized carbons (Fsp3) is 0.389. The maximum absolute atomic E-state index is 13.1. The lowest BCUT2D eigenvalue weighted by molar-refractivity contribution is 0.255. The lowest BCUT2D eigenvalue weighted by atomic mass is 9.98. The lowest BCUT2D eigenvalue weighted by Crippen LogP contribution is -2.38. The highest BCUT2D eigenvalue weighted by molar-refractivity contribution is 7.89. The smallest absolute Gasteiger partial charge is 0.243 e. The van der Waals surface area contributed by atoms with Crippen LogP contribution in [-0.2, 0) is 10.0 Å². The number of anilines is 1. The van der Waals surface area contributed by atoms with Crippen LogP contribution in [0.5, 0.6) is 0 Å². The summed E-state index contributed by atoms with van der Waals surface area (Å²) < 4.78 is 27.8. The maximum atomic E-state index is 13.1. The van der Waals surface area contributed by atoms with E-state index in [1.807, 2.05) is 32.0 Å². The Morgan fingerprint density at radius 3 is 2.54 bits per heavy atom. The minimum atomic E-state index is -3.52. The van der Waals surface area contributed by atoms with Crippen molar-refractivity contribution in [1.82, 2.24) is 9.29 Å². The number of rotatable bonds is 3. The molecule has 0 amide bonds. The summed E-state index contributed by atoms with van der Waals surface area (Å²) in [6.07, 6.45) is 4.39. The van der Waals surface area contributed by atoms with Crippen LogP contribution in [0.25, 0.3) is 0 Å². The second-order valence-corrected chi connectivity index (χ2v) is 8.30. The average Bonchev–Trinajstić information content (AvgIpc) is 2.58. The van der Waals surface area contributed by atoms with Gasteiger partial charge in [0.15, 0.2) is 0 Å². The largest absolute Gasteiger partial charge is 0.383 e. The molecule has 6 heteroatoms. The number of nitrogens with two attached hydrogens (primary N) is 1. The molecule has 0 radical (unpaired) electrons. The SMILES string of the molecule is Cc1ccc(S(=O)(=O)N2CCCC[C@H]2c2cnc(N)c(C)c2)cc1. The van der Waals surface area contributed by atoms with E-state index < -0.39 is 10.0 Å². The molecule has 1 fully saturated rings. The van der Waals surface area contributed by atoms with E-state index in [0.717, 1.165) is 36.0 Å². The number of aromatic nitrogens is 1. The van der Waals surface area contributed by atoms with Crippen molar-refractivity contribution in [2.75, 3.05) is 12.3 Å². The van der Waals surface area contributed by atoms with E-state index >= 15 is 0 Å². The van der Waals surface area contributed by atoms with Gasteiger partial charge in [-0.15, -0.1) is 0 Å². The topological polar surface area (TPSA) is 76.3 Å². The molecule has 1 aliphatic rings. The number of sulfonamides is 1. The van der Waals surface area contributed by atoms with Crippen molar-refractivity contribution >= 4 is 15.8 Å². The van der Waals surface area contributed by atoms with E-state index in [9.17, 15) is 8.42 Å². The Balaban J connectivity index is 2.00. The summed E-state index contributed by atoms with van der Waals surface area (Å²) in [5.74, 6) is 0.488. The van der Waals surface area contributed by atoms with E-state index in [4.69, 9.17) is 5.73 Å². The summed E-state index contributed by atoms with van der Waals surface area (Å²) in [5.41, 5.74) is 8.64. The highest BCUT2D eigenvalue weighted by Crippen LogP contribution is 2.35.